The number of hydrogen-bond acceptors (Lipinski definition) is 2. The SMILES string of the molecule is c1cc(C23CC4CC(CC(C4)C2)C3)cnn1. The molecule has 0 unspecified atom stereocenters. The lowest BCUT2D eigenvalue weighted by molar-refractivity contribution is -0.00540. The van der Waals surface area contributed by atoms with Crippen LogP contribution in [0.25, 0.3) is 0 Å². The Bertz CT molecular complexity index is 363. The molecule has 16 heavy (non-hydrogen) atoms. The van der Waals surface area contributed by atoms with E-state index in [2.05, 4.69) is 16.3 Å². The van der Waals surface area contributed by atoms with E-state index >= 15 is 0 Å². The van der Waals surface area contributed by atoms with Crippen molar-refractivity contribution in [3.05, 3.63) is 24.0 Å². The van der Waals surface area contributed by atoms with Gasteiger partial charge in [-0.05, 0) is 73.3 Å². The van der Waals surface area contributed by atoms with Gasteiger partial charge in [-0.1, -0.05) is 0 Å². The lowest BCUT2D eigenvalue weighted by Gasteiger charge is -2.57. The summed E-state index contributed by atoms with van der Waals surface area (Å²) in [4.78, 5) is 0. The summed E-state index contributed by atoms with van der Waals surface area (Å²) in [5.74, 6) is 3.04. The summed E-state index contributed by atoms with van der Waals surface area (Å²) >= 11 is 0. The second kappa shape index (κ2) is 3.06. The molecular weight excluding hydrogens is 196 g/mol. The summed E-state index contributed by atoms with van der Waals surface area (Å²) in [6, 6.07) is 2.21. The molecule has 1 aromatic rings. The second-order valence-corrected chi connectivity index (χ2v) is 6.33. The van der Waals surface area contributed by atoms with E-state index in [9.17, 15) is 0 Å². The molecule has 2 heteroatoms. The maximum absolute atomic E-state index is 4.09. The highest BCUT2D eigenvalue weighted by Crippen LogP contribution is 2.60. The Morgan fingerprint density at radius 3 is 2.06 bits per heavy atom. The molecule has 1 heterocycles. The Labute approximate surface area is 96.5 Å². The van der Waals surface area contributed by atoms with Crippen LogP contribution in [0.1, 0.15) is 44.1 Å². The fourth-order valence-electron chi connectivity index (χ4n) is 5.07. The minimum absolute atomic E-state index is 0.491. The minimum Gasteiger partial charge on any atom is -0.159 e. The van der Waals surface area contributed by atoms with Crippen molar-refractivity contribution in [3.63, 3.8) is 0 Å². The van der Waals surface area contributed by atoms with Crippen molar-refractivity contribution in [2.24, 2.45) is 17.8 Å². The monoisotopic (exact) mass is 214 g/mol. The first-order valence-corrected chi connectivity index (χ1v) is 6.61. The van der Waals surface area contributed by atoms with Gasteiger partial charge >= 0.3 is 0 Å². The van der Waals surface area contributed by atoms with Crippen molar-refractivity contribution in [3.8, 4) is 0 Å². The van der Waals surface area contributed by atoms with Crippen LogP contribution in [0.3, 0.4) is 0 Å². The van der Waals surface area contributed by atoms with Crippen LogP contribution in [-0.2, 0) is 5.41 Å². The third kappa shape index (κ3) is 1.19. The molecular formula is C14H18N2. The third-order valence-electron chi connectivity index (χ3n) is 5.23. The van der Waals surface area contributed by atoms with Crippen molar-refractivity contribution >= 4 is 0 Å². The number of aromatic nitrogens is 2. The lowest BCUT2D eigenvalue weighted by Crippen LogP contribution is -2.48. The topological polar surface area (TPSA) is 25.8 Å². The van der Waals surface area contributed by atoms with Crippen molar-refractivity contribution in [1.82, 2.24) is 10.2 Å². The van der Waals surface area contributed by atoms with Crippen LogP contribution >= 0.6 is 0 Å². The fraction of sp³-hybridized carbons (Fsp3) is 0.714. The predicted molar refractivity (Wildman–Crippen MR) is 61.9 cm³/mol. The molecule has 1 aromatic heterocycles. The van der Waals surface area contributed by atoms with Crippen LogP contribution in [0, 0.1) is 17.8 Å². The van der Waals surface area contributed by atoms with Gasteiger partial charge in [0.1, 0.15) is 0 Å². The van der Waals surface area contributed by atoms with E-state index < -0.39 is 0 Å². The Morgan fingerprint density at radius 2 is 1.56 bits per heavy atom. The molecule has 0 atom stereocenters. The molecule has 2 nitrogen and oxygen atoms in total. The van der Waals surface area contributed by atoms with E-state index in [1.807, 2.05) is 12.4 Å². The first-order chi connectivity index (χ1) is 7.84. The van der Waals surface area contributed by atoms with Gasteiger partial charge in [0.2, 0.25) is 0 Å². The average Bonchev–Trinajstić information content (AvgIpc) is 2.28. The quantitative estimate of drug-likeness (QED) is 0.718. The van der Waals surface area contributed by atoms with Gasteiger partial charge in [0.15, 0.2) is 0 Å². The molecule has 0 radical (unpaired) electrons. The van der Waals surface area contributed by atoms with Gasteiger partial charge in [0.25, 0.3) is 0 Å². The van der Waals surface area contributed by atoms with E-state index in [1.165, 1.54) is 44.1 Å². The highest BCUT2D eigenvalue weighted by molar-refractivity contribution is 5.25. The van der Waals surface area contributed by atoms with Crippen LogP contribution in [0.15, 0.2) is 18.5 Å². The number of hydrogen-bond donors (Lipinski definition) is 0. The van der Waals surface area contributed by atoms with Crippen molar-refractivity contribution < 1.29 is 0 Å². The number of nitrogens with zero attached hydrogens (tertiary/aromatic N) is 2. The predicted octanol–water partition coefficient (Wildman–Crippen LogP) is 2.94. The smallest absolute Gasteiger partial charge is 0.0533 e. The summed E-state index contributed by atoms with van der Waals surface area (Å²) in [5.41, 5.74) is 1.96. The number of rotatable bonds is 1. The van der Waals surface area contributed by atoms with E-state index in [0.717, 1.165) is 17.8 Å². The van der Waals surface area contributed by atoms with E-state index in [4.69, 9.17) is 0 Å². The molecule has 0 aromatic carbocycles. The second-order valence-electron chi connectivity index (χ2n) is 6.33. The van der Waals surface area contributed by atoms with Gasteiger partial charge in [0.05, 0.1) is 6.20 Å². The molecule has 84 valence electrons. The zero-order valence-electron chi connectivity index (χ0n) is 9.60. The first kappa shape index (κ1) is 9.15. The fourth-order valence-corrected chi connectivity index (χ4v) is 5.07. The van der Waals surface area contributed by atoms with Crippen LogP contribution < -0.4 is 0 Å². The highest BCUT2D eigenvalue weighted by Gasteiger charge is 2.51. The summed E-state index contributed by atoms with van der Waals surface area (Å²) in [5, 5.41) is 8.01. The first-order valence-electron chi connectivity index (χ1n) is 6.61. The molecule has 0 spiro atoms. The summed E-state index contributed by atoms with van der Waals surface area (Å²) in [6.45, 7) is 0. The van der Waals surface area contributed by atoms with Gasteiger partial charge in [-0.15, -0.1) is 0 Å². The molecule has 5 rings (SSSR count). The molecule has 4 bridgehead atoms. The van der Waals surface area contributed by atoms with E-state index in [0.29, 0.717) is 5.41 Å². The maximum atomic E-state index is 4.09. The zero-order valence-corrected chi connectivity index (χ0v) is 9.60. The van der Waals surface area contributed by atoms with Crippen LogP contribution in [0.4, 0.5) is 0 Å². The molecule has 0 aliphatic heterocycles. The molecule has 4 aliphatic rings. The Kier molecular flexibility index (Phi) is 1.75. The van der Waals surface area contributed by atoms with Gasteiger partial charge in [0, 0.05) is 6.20 Å². The van der Waals surface area contributed by atoms with Gasteiger partial charge in [-0.2, -0.15) is 10.2 Å². The van der Waals surface area contributed by atoms with E-state index in [1.54, 1.807) is 0 Å². The Hall–Kier alpha value is -0.920. The molecule has 0 amide bonds. The Balaban J connectivity index is 1.77. The van der Waals surface area contributed by atoms with Crippen molar-refractivity contribution in [2.75, 3.05) is 0 Å². The van der Waals surface area contributed by atoms with Gasteiger partial charge in [-0.3, -0.25) is 0 Å². The van der Waals surface area contributed by atoms with Gasteiger partial charge < -0.3 is 0 Å². The van der Waals surface area contributed by atoms with E-state index in [-0.39, 0.29) is 0 Å². The summed E-state index contributed by atoms with van der Waals surface area (Å²) < 4.78 is 0. The third-order valence-corrected chi connectivity index (χ3v) is 5.23. The summed E-state index contributed by atoms with van der Waals surface area (Å²) in [6.07, 6.45) is 12.7. The van der Waals surface area contributed by atoms with Crippen LogP contribution in [0.2, 0.25) is 0 Å². The molecule has 4 fully saturated rings. The van der Waals surface area contributed by atoms with Crippen LogP contribution in [0.5, 0.6) is 0 Å². The highest BCUT2D eigenvalue weighted by atomic mass is 15.1. The zero-order chi connectivity index (χ0) is 10.6. The standard InChI is InChI=1S/C14H18N2/c1-2-15-16-9-13(1)14-6-10-3-11(7-14)5-12(4-10)8-14/h1-2,9-12H,3-8H2. The molecule has 4 saturated carbocycles. The molecule has 0 saturated heterocycles. The largest absolute Gasteiger partial charge is 0.159 e. The van der Waals surface area contributed by atoms with Crippen LogP contribution in [-0.4, -0.2) is 10.2 Å². The molecule has 0 N–H and O–H groups in total. The normalized spacial score (nSPS) is 44.9. The summed E-state index contributed by atoms with van der Waals surface area (Å²) in [7, 11) is 0. The van der Waals surface area contributed by atoms with Gasteiger partial charge in [-0.25, -0.2) is 0 Å². The van der Waals surface area contributed by atoms with Crippen molar-refractivity contribution in [2.45, 2.75) is 43.9 Å². The maximum Gasteiger partial charge on any atom is 0.0533 e. The lowest BCUT2D eigenvalue weighted by atomic mass is 9.48. The Morgan fingerprint density at radius 1 is 0.938 bits per heavy atom. The molecule has 4 aliphatic carbocycles. The minimum atomic E-state index is 0.491. The average molecular weight is 214 g/mol. The van der Waals surface area contributed by atoms with Crippen molar-refractivity contribution in [1.29, 1.82) is 0 Å².